The maximum atomic E-state index is 5.55. The van der Waals surface area contributed by atoms with Gasteiger partial charge >= 0.3 is 0 Å². The molecular formula is C15H33N. The molecule has 0 saturated heterocycles. The number of unbranched alkanes of at least 4 members (excludes halogenated alkanes) is 6. The fraction of sp³-hybridized carbons (Fsp3) is 1.00. The standard InChI is InChI=1S/C15H33N/c1-3-5-6-7-8-9-10-12-15(4-2)13-11-14-16/h15H,3-14,16H2,1-2H3. The van der Waals surface area contributed by atoms with E-state index in [9.17, 15) is 0 Å². The SMILES string of the molecule is CCCCCCCCCC(CC)CCCN. The summed E-state index contributed by atoms with van der Waals surface area (Å²) in [5.41, 5.74) is 5.55. The number of nitrogens with two attached hydrogens (primary N) is 1. The Balaban J connectivity index is 3.20. The molecule has 1 nitrogen and oxygen atoms in total. The third kappa shape index (κ3) is 10.5. The highest BCUT2D eigenvalue weighted by atomic mass is 14.5. The van der Waals surface area contributed by atoms with Gasteiger partial charge in [0.2, 0.25) is 0 Å². The number of hydrogen-bond donors (Lipinski definition) is 1. The Morgan fingerprint density at radius 3 is 1.88 bits per heavy atom. The van der Waals surface area contributed by atoms with Gasteiger partial charge < -0.3 is 5.73 Å². The molecule has 16 heavy (non-hydrogen) atoms. The van der Waals surface area contributed by atoms with E-state index >= 15 is 0 Å². The largest absolute Gasteiger partial charge is 0.330 e. The van der Waals surface area contributed by atoms with Crippen molar-refractivity contribution in [3.8, 4) is 0 Å². The number of hydrogen-bond acceptors (Lipinski definition) is 1. The second kappa shape index (κ2) is 13.0. The van der Waals surface area contributed by atoms with E-state index in [-0.39, 0.29) is 0 Å². The van der Waals surface area contributed by atoms with Crippen LogP contribution < -0.4 is 5.73 Å². The molecule has 0 aliphatic rings. The Labute approximate surface area is 103 Å². The van der Waals surface area contributed by atoms with Gasteiger partial charge in [0.1, 0.15) is 0 Å². The van der Waals surface area contributed by atoms with Crippen molar-refractivity contribution in [2.24, 2.45) is 11.7 Å². The predicted molar refractivity (Wildman–Crippen MR) is 74.7 cm³/mol. The smallest absolute Gasteiger partial charge is 0.00772 e. The quantitative estimate of drug-likeness (QED) is 0.472. The van der Waals surface area contributed by atoms with Crippen LogP contribution in [0.3, 0.4) is 0 Å². The van der Waals surface area contributed by atoms with Crippen LogP contribution in [0.15, 0.2) is 0 Å². The molecule has 0 aromatic heterocycles. The first-order chi connectivity index (χ1) is 7.85. The lowest BCUT2D eigenvalue weighted by Crippen LogP contribution is -2.04. The van der Waals surface area contributed by atoms with Crippen molar-refractivity contribution in [3.63, 3.8) is 0 Å². The van der Waals surface area contributed by atoms with Crippen LogP contribution in [-0.4, -0.2) is 6.54 Å². The van der Waals surface area contributed by atoms with Gasteiger partial charge in [-0.05, 0) is 25.3 Å². The molecule has 0 aliphatic heterocycles. The highest BCUT2D eigenvalue weighted by molar-refractivity contribution is 4.58. The minimum absolute atomic E-state index is 0.869. The molecule has 0 amide bonds. The maximum absolute atomic E-state index is 5.55. The van der Waals surface area contributed by atoms with Gasteiger partial charge in [-0.2, -0.15) is 0 Å². The van der Waals surface area contributed by atoms with E-state index in [0.717, 1.165) is 12.5 Å². The zero-order valence-electron chi connectivity index (χ0n) is 11.6. The molecule has 1 heteroatoms. The van der Waals surface area contributed by atoms with Gasteiger partial charge in [0, 0.05) is 0 Å². The summed E-state index contributed by atoms with van der Waals surface area (Å²) < 4.78 is 0. The van der Waals surface area contributed by atoms with Crippen LogP contribution in [0.2, 0.25) is 0 Å². The highest BCUT2D eigenvalue weighted by Crippen LogP contribution is 2.19. The molecule has 1 unspecified atom stereocenters. The van der Waals surface area contributed by atoms with E-state index in [0.29, 0.717) is 0 Å². The minimum Gasteiger partial charge on any atom is -0.330 e. The van der Waals surface area contributed by atoms with Crippen molar-refractivity contribution < 1.29 is 0 Å². The van der Waals surface area contributed by atoms with Gasteiger partial charge in [-0.25, -0.2) is 0 Å². The first-order valence-corrected chi connectivity index (χ1v) is 7.55. The van der Waals surface area contributed by atoms with Crippen molar-refractivity contribution in [1.82, 2.24) is 0 Å². The molecule has 0 rings (SSSR count). The van der Waals surface area contributed by atoms with Gasteiger partial charge in [-0.3, -0.25) is 0 Å². The average molecular weight is 227 g/mol. The first-order valence-electron chi connectivity index (χ1n) is 7.55. The lowest BCUT2D eigenvalue weighted by molar-refractivity contribution is 0.403. The Hall–Kier alpha value is -0.0400. The molecule has 0 aliphatic carbocycles. The fourth-order valence-electron chi connectivity index (χ4n) is 2.35. The Morgan fingerprint density at radius 1 is 0.750 bits per heavy atom. The summed E-state index contributed by atoms with van der Waals surface area (Å²) in [6.45, 7) is 5.47. The molecule has 0 radical (unpaired) electrons. The summed E-state index contributed by atoms with van der Waals surface area (Å²) in [5.74, 6) is 0.944. The summed E-state index contributed by atoms with van der Waals surface area (Å²) in [6.07, 6.45) is 15.4. The van der Waals surface area contributed by atoms with E-state index in [1.165, 1.54) is 70.6 Å². The van der Waals surface area contributed by atoms with Crippen molar-refractivity contribution in [3.05, 3.63) is 0 Å². The first kappa shape index (κ1) is 16.0. The third-order valence-electron chi connectivity index (χ3n) is 3.61. The Morgan fingerprint density at radius 2 is 1.31 bits per heavy atom. The summed E-state index contributed by atoms with van der Waals surface area (Å²) in [6, 6.07) is 0. The normalized spacial score (nSPS) is 12.9. The molecule has 0 fully saturated rings. The summed E-state index contributed by atoms with van der Waals surface area (Å²) in [5, 5.41) is 0. The van der Waals surface area contributed by atoms with Gasteiger partial charge in [-0.15, -0.1) is 0 Å². The van der Waals surface area contributed by atoms with Crippen LogP contribution in [0, 0.1) is 5.92 Å². The van der Waals surface area contributed by atoms with E-state index in [2.05, 4.69) is 13.8 Å². The van der Waals surface area contributed by atoms with E-state index in [4.69, 9.17) is 5.73 Å². The van der Waals surface area contributed by atoms with Crippen LogP contribution in [0.4, 0.5) is 0 Å². The van der Waals surface area contributed by atoms with E-state index in [1.54, 1.807) is 0 Å². The number of rotatable bonds is 12. The second-order valence-electron chi connectivity index (χ2n) is 5.12. The molecule has 0 heterocycles. The lowest BCUT2D eigenvalue weighted by atomic mass is 9.93. The molecular weight excluding hydrogens is 194 g/mol. The van der Waals surface area contributed by atoms with Crippen LogP contribution in [0.1, 0.15) is 84.5 Å². The fourth-order valence-corrected chi connectivity index (χ4v) is 2.35. The second-order valence-corrected chi connectivity index (χ2v) is 5.12. The highest BCUT2D eigenvalue weighted by Gasteiger charge is 2.04. The van der Waals surface area contributed by atoms with Gasteiger partial charge in [0.15, 0.2) is 0 Å². The molecule has 0 aromatic carbocycles. The van der Waals surface area contributed by atoms with Crippen molar-refractivity contribution >= 4 is 0 Å². The monoisotopic (exact) mass is 227 g/mol. The van der Waals surface area contributed by atoms with Crippen LogP contribution in [-0.2, 0) is 0 Å². The zero-order valence-corrected chi connectivity index (χ0v) is 11.6. The molecule has 0 saturated carbocycles. The molecule has 0 aromatic rings. The summed E-state index contributed by atoms with van der Waals surface area (Å²) in [4.78, 5) is 0. The average Bonchev–Trinajstić information content (AvgIpc) is 2.32. The molecule has 0 bridgehead atoms. The molecule has 1 atom stereocenters. The summed E-state index contributed by atoms with van der Waals surface area (Å²) in [7, 11) is 0. The van der Waals surface area contributed by atoms with Crippen LogP contribution >= 0.6 is 0 Å². The Kier molecular flexibility index (Phi) is 13.0. The van der Waals surface area contributed by atoms with E-state index < -0.39 is 0 Å². The topological polar surface area (TPSA) is 26.0 Å². The zero-order chi connectivity index (χ0) is 12.1. The summed E-state index contributed by atoms with van der Waals surface area (Å²) >= 11 is 0. The van der Waals surface area contributed by atoms with Gasteiger partial charge in [-0.1, -0.05) is 71.6 Å². The van der Waals surface area contributed by atoms with E-state index in [1.807, 2.05) is 0 Å². The minimum atomic E-state index is 0.869. The lowest BCUT2D eigenvalue weighted by Gasteiger charge is -2.13. The van der Waals surface area contributed by atoms with Gasteiger partial charge in [0.05, 0.1) is 0 Å². The molecule has 98 valence electrons. The van der Waals surface area contributed by atoms with Crippen molar-refractivity contribution in [1.29, 1.82) is 0 Å². The van der Waals surface area contributed by atoms with Gasteiger partial charge in [0.25, 0.3) is 0 Å². The third-order valence-corrected chi connectivity index (χ3v) is 3.61. The van der Waals surface area contributed by atoms with Crippen LogP contribution in [0.5, 0.6) is 0 Å². The predicted octanol–water partition coefficient (Wildman–Crippen LogP) is 4.89. The maximum Gasteiger partial charge on any atom is -0.00772 e. The van der Waals surface area contributed by atoms with Crippen LogP contribution in [0.25, 0.3) is 0 Å². The van der Waals surface area contributed by atoms with Crippen molar-refractivity contribution in [2.45, 2.75) is 84.5 Å². The molecule has 0 spiro atoms. The van der Waals surface area contributed by atoms with Crippen molar-refractivity contribution in [2.75, 3.05) is 6.54 Å². The Bertz CT molecular complexity index is 123. The molecule has 2 N–H and O–H groups in total.